The van der Waals surface area contributed by atoms with Gasteiger partial charge in [0, 0.05) is 12.8 Å². The summed E-state index contributed by atoms with van der Waals surface area (Å²) < 4.78 is 8.75. The monoisotopic (exact) mass is 274 g/mol. The zero-order chi connectivity index (χ0) is 13.2. The zero-order valence-electron chi connectivity index (χ0n) is 11.0. The fourth-order valence-electron chi connectivity index (χ4n) is 2.76. The lowest BCUT2D eigenvalue weighted by atomic mass is 10.1. The molecule has 4 heteroatoms. The van der Waals surface area contributed by atoms with Gasteiger partial charge in [0.15, 0.2) is 4.77 Å². The largest absolute Gasteiger partial charge is 0.376 e. The first-order valence-corrected chi connectivity index (χ1v) is 7.15. The molecule has 19 heavy (non-hydrogen) atoms. The molecule has 1 aromatic carbocycles. The molecule has 0 amide bonds. The SMILES string of the molecule is CC(C1CCCO1)n1c(-c2ccccc2)c[nH]c1=S. The number of H-pyrrole nitrogens is 1. The van der Waals surface area contributed by atoms with E-state index in [1.807, 2.05) is 24.4 Å². The van der Waals surface area contributed by atoms with Crippen molar-refractivity contribution in [3.05, 3.63) is 41.3 Å². The first-order chi connectivity index (χ1) is 9.27. The lowest BCUT2D eigenvalue weighted by Crippen LogP contribution is -2.21. The summed E-state index contributed by atoms with van der Waals surface area (Å²) >= 11 is 5.44. The van der Waals surface area contributed by atoms with Crippen molar-refractivity contribution in [2.75, 3.05) is 6.61 Å². The van der Waals surface area contributed by atoms with E-state index in [1.54, 1.807) is 0 Å². The van der Waals surface area contributed by atoms with Crippen molar-refractivity contribution < 1.29 is 4.74 Å². The second kappa shape index (κ2) is 5.31. The molecule has 0 bridgehead atoms. The number of aromatic amines is 1. The molecule has 1 aliphatic heterocycles. The Hall–Kier alpha value is -1.39. The van der Waals surface area contributed by atoms with Gasteiger partial charge in [-0.05, 0) is 37.5 Å². The molecule has 3 nitrogen and oxygen atoms in total. The fraction of sp³-hybridized carbons (Fsp3) is 0.400. The molecule has 1 saturated heterocycles. The third kappa shape index (κ3) is 2.38. The fourth-order valence-corrected chi connectivity index (χ4v) is 3.09. The molecule has 2 heterocycles. The summed E-state index contributed by atoms with van der Waals surface area (Å²) in [5.74, 6) is 0. The Kier molecular flexibility index (Phi) is 3.53. The minimum atomic E-state index is 0.261. The van der Waals surface area contributed by atoms with E-state index in [2.05, 4.69) is 28.6 Å². The van der Waals surface area contributed by atoms with E-state index in [4.69, 9.17) is 17.0 Å². The van der Waals surface area contributed by atoms with Crippen molar-refractivity contribution in [3.63, 3.8) is 0 Å². The van der Waals surface area contributed by atoms with Crippen LogP contribution in [0.5, 0.6) is 0 Å². The van der Waals surface area contributed by atoms with E-state index < -0.39 is 0 Å². The summed E-state index contributed by atoms with van der Waals surface area (Å²) in [5.41, 5.74) is 2.31. The summed E-state index contributed by atoms with van der Waals surface area (Å²) in [5, 5.41) is 0. The lowest BCUT2D eigenvalue weighted by molar-refractivity contribution is 0.0733. The van der Waals surface area contributed by atoms with Gasteiger partial charge in [0.1, 0.15) is 0 Å². The maximum absolute atomic E-state index is 5.80. The van der Waals surface area contributed by atoms with Gasteiger partial charge in [-0.2, -0.15) is 0 Å². The van der Waals surface area contributed by atoms with Gasteiger partial charge in [0.25, 0.3) is 0 Å². The molecule has 2 unspecified atom stereocenters. The maximum Gasteiger partial charge on any atom is 0.177 e. The van der Waals surface area contributed by atoms with Gasteiger partial charge in [0.2, 0.25) is 0 Å². The van der Waals surface area contributed by atoms with Crippen molar-refractivity contribution in [2.24, 2.45) is 0 Å². The smallest absolute Gasteiger partial charge is 0.177 e. The summed E-state index contributed by atoms with van der Waals surface area (Å²) in [6.07, 6.45) is 4.52. The second-order valence-corrected chi connectivity index (χ2v) is 5.39. The molecular formula is C15H18N2OS. The number of rotatable bonds is 3. The van der Waals surface area contributed by atoms with Crippen LogP contribution in [-0.4, -0.2) is 22.3 Å². The standard InChI is InChI=1S/C15H18N2OS/c1-11(14-8-5-9-18-14)17-13(10-16-15(17)19)12-6-3-2-4-7-12/h2-4,6-7,10-11,14H,5,8-9H2,1H3,(H,16,19). The van der Waals surface area contributed by atoms with Crippen LogP contribution in [0.15, 0.2) is 36.5 Å². The van der Waals surface area contributed by atoms with Crippen LogP contribution in [0.3, 0.4) is 0 Å². The van der Waals surface area contributed by atoms with Gasteiger partial charge in [-0.1, -0.05) is 30.3 Å². The molecule has 1 N–H and O–H groups in total. The van der Waals surface area contributed by atoms with Crippen LogP contribution in [-0.2, 0) is 4.74 Å². The molecule has 0 spiro atoms. The van der Waals surface area contributed by atoms with Crippen molar-refractivity contribution in [1.29, 1.82) is 0 Å². The number of ether oxygens (including phenoxy) is 1. The Morgan fingerprint density at radius 2 is 2.16 bits per heavy atom. The van der Waals surface area contributed by atoms with E-state index in [1.165, 1.54) is 5.56 Å². The van der Waals surface area contributed by atoms with Crippen LogP contribution in [0.2, 0.25) is 0 Å². The first-order valence-electron chi connectivity index (χ1n) is 6.74. The minimum absolute atomic E-state index is 0.261. The molecule has 0 saturated carbocycles. The first kappa shape index (κ1) is 12.6. The summed E-state index contributed by atoms with van der Waals surface area (Å²) in [7, 11) is 0. The highest BCUT2D eigenvalue weighted by atomic mass is 32.1. The van der Waals surface area contributed by atoms with Crippen molar-refractivity contribution in [2.45, 2.75) is 31.9 Å². The second-order valence-electron chi connectivity index (χ2n) is 5.01. The van der Waals surface area contributed by atoms with Gasteiger partial charge in [0.05, 0.1) is 17.8 Å². The van der Waals surface area contributed by atoms with Gasteiger partial charge in [-0.15, -0.1) is 0 Å². The Morgan fingerprint density at radius 3 is 2.84 bits per heavy atom. The topological polar surface area (TPSA) is 29.9 Å². The number of hydrogen-bond donors (Lipinski definition) is 1. The molecule has 1 aromatic heterocycles. The molecule has 1 fully saturated rings. The summed E-state index contributed by atoms with van der Waals surface area (Å²) in [4.78, 5) is 3.16. The number of hydrogen-bond acceptors (Lipinski definition) is 2. The Balaban J connectivity index is 2.01. The summed E-state index contributed by atoms with van der Waals surface area (Å²) in [6, 6.07) is 10.6. The Morgan fingerprint density at radius 1 is 1.37 bits per heavy atom. The highest BCUT2D eigenvalue weighted by molar-refractivity contribution is 7.71. The average molecular weight is 274 g/mol. The molecule has 2 aromatic rings. The van der Waals surface area contributed by atoms with Crippen molar-refractivity contribution in [1.82, 2.24) is 9.55 Å². The Bertz CT molecular complexity index is 596. The van der Waals surface area contributed by atoms with Gasteiger partial charge < -0.3 is 14.3 Å². The predicted molar refractivity (Wildman–Crippen MR) is 78.7 cm³/mol. The predicted octanol–water partition coefficient (Wildman–Crippen LogP) is 3.95. The lowest BCUT2D eigenvalue weighted by Gasteiger charge is -2.22. The molecular weight excluding hydrogens is 256 g/mol. The number of nitrogens with zero attached hydrogens (tertiary/aromatic N) is 1. The van der Waals surface area contributed by atoms with Crippen LogP contribution in [0.1, 0.15) is 25.8 Å². The van der Waals surface area contributed by atoms with E-state index in [9.17, 15) is 0 Å². The summed E-state index contributed by atoms with van der Waals surface area (Å²) in [6.45, 7) is 3.06. The van der Waals surface area contributed by atoms with Crippen LogP contribution in [0, 0.1) is 4.77 Å². The normalized spacial score (nSPS) is 20.6. The molecule has 3 rings (SSSR count). The number of nitrogens with one attached hydrogen (secondary N) is 1. The van der Waals surface area contributed by atoms with Crippen LogP contribution in [0.25, 0.3) is 11.3 Å². The van der Waals surface area contributed by atoms with E-state index >= 15 is 0 Å². The number of aromatic nitrogens is 2. The van der Waals surface area contributed by atoms with Gasteiger partial charge in [-0.25, -0.2) is 0 Å². The van der Waals surface area contributed by atoms with Crippen LogP contribution < -0.4 is 0 Å². The van der Waals surface area contributed by atoms with Crippen molar-refractivity contribution >= 4 is 12.2 Å². The van der Waals surface area contributed by atoms with Crippen LogP contribution in [0.4, 0.5) is 0 Å². The zero-order valence-corrected chi connectivity index (χ0v) is 11.8. The molecule has 0 aliphatic carbocycles. The van der Waals surface area contributed by atoms with E-state index in [0.29, 0.717) is 0 Å². The highest BCUT2D eigenvalue weighted by Crippen LogP contribution is 2.29. The third-order valence-corrected chi connectivity index (χ3v) is 4.11. The van der Waals surface area contributed by atoms with Gasteiger partial charge in [-0.3, -0.25) is 0 Å². The number of imidazole rings is 1. The average Bonchev–Trinajstić information content (AvgIpc) is 3.08. The molecule has 1 aliphatic rings. The highest BCUT2D eigenvalue weighted by Gasteiger charge is 2.25. The Labute approximate surface area is 118 Å². The minimum Gasteiger partial charge on any atom is -0.376 e. The quantitative estimate of drug-likeness (QED) is 0.859. The van der Waals surface area contributed by atoms with Crippen molar-refractivity contribution in [3.8, 4) is 11.3 Å². The van der Waals surface area contributed by atoms with Gasteiger partial charge >= 0.3 is 0 Å². The molecule has 0 radical (unpaired) electrons. The molecule has 2 atom stereocenters. The molecule has 100 valence electrons. The van der Waals surface area contributed by atoms with E-state index in [-0.39, 0.29) is 12.1 Å². The maximum atomic E-state index is 5.80. The third-order valence-electron chi connectivity index (χ3n) is 3.79. The number of benzene rings is 1. The van der Waals surface area contributed by atoms with Crippen LogP contribution >= 0.6 is 12.2 Å². The van der Waals surface area contributed by atoms with E-state index in [0.717, 1.165) is 29.9 Å².